The number of allylic oxidation sites excluding steroid dienone is 1. The summed E-state index contributed by atoms with van der Waals surface area (Å²) in [4.78, 5) is 10.9. The molecule has 0 unspecified atom stereocenters. The Kier molecular flexibility index (Phi) is 6.22. The van der Waals surface area contributed by atoms with Crippen LogP contribution in [0.3, 0.4) is 0 Å². The van der Waals surface area contributed by atoms with Gasteiger partial charge in [0.15, 0.2) is 5.78 Å². The van der Waals surface area contributed by atoms with E-state index in [1.165, 1.54) is 25.1 Å². The van der Waals surface area contributed by atoms with Crippen LogP contribution in [-0.2, 0) is 4.79 Å². The Morgan fingerprint density at radius 3 is 2.84 bits per heavy atom. The van der Waals surface area contributed by atoms with E-state index in [-0.39, 0.29) is 17.7 Å². The van der Waals surface area contributed by atoms with Crippen molar-refractivity contribution in [2.75, 3.05) is 13.1 Å². The van der Waals surface area contributed by atoms with Crippen molar-refractivity contribution < 1.29 is 13.9 Å². The summed E-state index contributed by atoms with van der Waals surface area (Å²) in [7, 11) is 0. The smallest absolute Gasteiger partial charge is 0.152 e. The molecule has 1 rings (SSSR count). The molecule has 0 spiro atoms. The number of carbonyl (C=O) groups excluding carboxylic acids is 1. The lowest BCUT2D eigenvalue weighted by molar-refractivity contribution is -0.112. The van der Waals surface area contributed by atoms with Crippen LogP contribution >= 0.6 is 0 Å². The van der Waals surface area contributed by atoms with Gasteiger partial charge in [0.25, 0.3) is 0 Å². The molecular formula is C15H20FNO2. The van der Waals surface area contributed by atoms with Crippen LogP contribution in [0.5, 0.6) is 5.75 Å². The molecule has 0 bridgehead atoms. The Morgan fingerprint density at radius 1 is 1.47 bits per heavy atom. The first-order valence-corrected chi connectivity index (χ1v) is 6.38. The van der Waals surface area contributed by atoms with Gasteiger partial charge in [-0.1, -0.05) is 13.0 Å². The molecule has 0 aromatic heterocycles. The number of likely N-dealkylation sites (N-methyl/N-ethyl adjacent to an activating group) is 1. The monoisotopic (exact) mass is 265 g/mol. The van der Waals surface area contributed by atoms with Crippen molar-refractivity contribution in [1.29, 1.82) is 0 Å². The number of carbonyl (C=O) groups is 1. The lowest BCUT2D eigenvalue weighted by atomic mass is 10.2. The molecule has 0 amide bonds. The van der Waals surface area contributed by atoms with Gasteiger partial charge in [0, 0.05) is 12.6 Å². The molecule has 0 fully saturated rings. The second kappa shape index (κ2) is 7.69. The zero-order valence-electron chi connectivity index (χ0n) is 11.6. The van der Waals surface area contributed by atoms with Crippen molar-refractivity contribution in [2.24, 2.45) is 0 Å². The highest BCUT2D eigenvalue weighted by Crippen LogP contribution is 2.18. The van der Waals surface area contributed by atoms with E-state index in [1.54, 1.807) is 12.1 Å². The van der Waals surface area contributed by atoms with Gasteiger partial charge in [-0.25, -0.2) is 4.39 Å². The van der Waals surface area contributed by atoms with Gasteiger partial charge >= 0.3 is 0 Å². The Balaban J connectivity index is 2.76. The third-order valence-electron chi connectivity index (χ3n) is 2.42. The predicted octanol–water partition coefficient (Wildman–Crippen LogP) is 2.80. The van der Waals surface area contributed by atoms with Crippen molar-refractivity contribution >= 4 is 11.9 Å². The normalized spacial score (nSPS) is 12.6. The van der Waals surface area contributed by atoms with Crippen molar-refractivity contribution in [1.82, 2.24) is 5.32 Å². The van der Waals surface area contributed by atoms with Gasteiger partial charge in [0.2, 0.25) is 0 Å². The molecule has 1 N–H and O–H groups in total. The summed E-state index contributed by atoms with van der Waals surface area (Å²) < 4.78 is 19.1. The highest BCUT2D eigenvalue weighted by molar-refractivity contribution is 5.91. The number of benzene rings is 1. The molecule has 19 heavy (non-hydrogen) atoms. The minimum absolute atomic E-state index is 0.0496. The van der Waals surface area contributed by atoms with E-state index in [1.807, 2.05) is 13.8 Å². The molecule has 0 heterocycles. The molecule has 104 valence electrons. The third-order valence-corrected chi connectivity index (χ3v) is 2.42. The summed E-state index contributed by atoms with van der Waals surface area (Å²) in [5.41, 5.74) is 0.612. The van der Waals surface area contributed by atoms with Crippen LogP contribution < -0.4 is 10.1 Å². The van der Waals surface area contributed by atoms with Crippen LogP contribution in [0.4, 0.5) is 4.39 Å². The number of hydrogen-bond acceptors (Lipinski definition) is 3. The van der Waals surface area contributed by atoms with Gasteiger partial charge < -0.3 is 10.1 Å². The summed E-state index contributed by atoms with van der Waals surface area (Å²) in [5.74, 6) is 0.0113. The van der Waals surface area contributed by atoms with E-state index in [9.17, 15) is 9.18 Å². The maximum absolute atomic E-state index is 13.4. The fraction of sp³-hybridized carbons (Fsp3) is 0.400. The van der Waals surface area contributed by atoms with Gasteiger partial charge in [-0.3, -0.25) is 4.79 Å². The molecule has 0 saturated heterocycles. The molecule has 0 aliphatic carbocycles. The van der Waals surface area contributed by atoms with Crippen LogP contribution in [0, 0.1) is 5.82 Å². The average molecular weight is 265 g/mol. The van der Waals surface area contributed by atoms with Crippen LogP contribution in [0.2, 0.25) is 0 Å². The van der Waals surface area contributed by atoms with Crippen molar-refractivity contribution in [2.45, 2.75) is 26.9 Å². The molecule has 0 radical (unpaired) electrons. The summed E-state index contributed by atoms with van der Waals surface area (Å²) in [6.45, 7) is 6.94. The maximum atomic E-state index is 13.4. The van der Waals surface area contributed by atoms with Crippen LogP contribution in [0.25, 0.3) is 6.08 Å². The minimum Gasteiger partial charge on any atom is -0.489 e. The highest BCUT2D eigenvalue weighted by Gasteiger charge is 2.05. The Bertz CT molecular complexity index is 457. The lowest BCUT2D eigenvalue weighted by Gasteiger charge is -2.15. The highest BCUT2D eigenvalue weighted by atomic mass is 19.1. The van der Waals surface area contributed by atoms with E-state index >= 15 is 0 Å². The van der Waals surface area contributed by atoms with Crippen LogP contribution in [0.1, 0.15) is 26.3 Å². The Morgan fingerprint density at radius 2 is 2.21 bits per heavy atom. The molecule has 1 aromatic carbocycles. The van der Waals surface area contributed by atoms with Crippen molar-refractivity contribution in [3.8, 4) is 5.75 Å². The molecule has 3 nitrogen and oxygen atoms in total. The lowest BCUT2D eigenvalue weighted by Crippen LogP contribution is -2.28. The number of nitrogens with one attached hydrogen (secondary N) is 1. The molecule has 0 aliphatic rings. The summed E-state index contributed by atoms with van der Waals surface area (Å²) in [6.07, 6.45) is 2.93. The number of hydrogen-bond donors (Lipinski definition) is 1. The first kappa shape index (κ1) is 15.4. The number of halogens is 1. The predicted molar refractivity (Wildman–Crippen MR) is 74.7 cm³/mol. The maximum Gasteiger partial charge on any atom is 0.152 e. The minimum atomic E-state index is -0.378. The zero-order chi connectivity index (χ0) is 14.3. The second-order valence-electron chi connectivity index (χ2n) is 4.40. The van der Waals surface area contributed by atoms with Crippen LogP contribution in [-0.4, -0.2) is 25.0 Å². The summed E-state index contributed by atoms with van der Waals surface area (Å²) in [5, 5.41) is 3.16. The molecule has 0 aliphatic heterocycles. The Hall–Kier alpha value is -1.68. The first-order valence-electron chi connectivity index (χ1n) is 6.38. The van der Waals surface area contributed by atoms with Crippen LogP contribution in [0.15, 0.2) is 24.3 Å². The summed E-state index contributed by atoms with van der Waals surface area (Å²) >= 11 is 0. The van der Waals surface area contributed by atoms with E-state index in [4.69, 9.17) is 4.74 Å². The van der Waals surface area contributed by atoms with E-state index in [0.717, 1.165) is 6.54 Å². The van der Waals surface area contributed by atoms with Crippen molar-refractivity contribution in [3.05, 3.63) is 35.7 Å². The molecule has 1 atom stereocenters. The average Bonchev–Trinajstić information content (AvgIpc) is 2.33. The van der Waals surface area contributed by atoms with E-state index in [2.05, 4.69) is 5.32 Å². The fourth-order valence-corrected chi connectivity index (χ4v) is 1.58. The SMILES string of the molecule is CCNC[C@@H](C)Oc1cc(F)cc(/C=C/C(C)=O)c1. The molecule has 0 saturated carbocycles. The quantitative estimate of drug-likeness (QED) is 0.770. The molecule has 4 heteroatoms. The van der Waals surface area contributed by atoms with E-state index in [0.29, 0.717) is 17.9 Å². The number of ether oxygens (including phenoxy) is 1. The largest absolute Gasteiger partial charge is 0.489 e. The fourth-order valence-electron chi connectivity index (χ4n) is 1.58. The first-order chi connectivity index (χ1) is 9.01. The third kappa shape index (κ3) is 6.15. The van der Waals surface area contributed by atoms with Gasteiger partial charge in [-0.15, -0.1) is 0 Å². The topological polar surface area (TPSA) is 38.3 Å². The molecular weight excluding hydrogens is 245 g/mol. The number of ketones is 1. The van der Waals surface area contributed by atoms with Gasteiger partial charge in [0.05, 0.1) is 0 Å². The van der Waals surface area contributed by atoms with Gasteiger partial charge in [-0.2, -0.15) is 0 Å². The number of rotatable bonds is 7. The second-order valence-corrected chi connectivity index (χ2v) is 4.40. The zero-order valence-corrected chi connectivity index (χ0v) is 11.6. The van der Waals surface area contributed by atoms with Crippen molar-refractivity contribution in [3.63, 3.8) is 0 Å². The molecule has 1 aromatic rings. The van der Waals surface area contributed by atoms with Gasteiger partial charge in [0.1, 0.15) is 17.7 Å². The van der Waals surface area contributed by atoms with E-state index < -0.39 is 0 Å². The Labute approximate surface area is 113 Å². The summed E-state index contributed by atoms with van der Waals surface area (Å²) in [6, 6.07) is 4.42. The van der Waals surface area contributed by atoms with Gasteiger partial charge in [-0.05, 0) is 44.2 Å². The standard InChI is InChI=1S/C15H20FNO2/c1-4-17-10-12(3)19-15-8-13(6-5-11(2)18)7-14(16)9-15/h5-9,12,17H,4,10H2,1-3H3/b6-5+/t12-/m1/s1.